The fourth-order valence-electron chi connectivity index (χ4n) is 2.06. The van der Waals surface area contributed by atoms with Crippen molar-refractivity contribution in [3.05, 3.63) is 0 Å². The van der Waals surface area contributed by atoms with E-state index in [4.69, 9.17) is 4.74 Å². The first kappa shape index (κ1) is 15.9. The normalized spacial score (nSPS) is 22.6. The van der Waals surface area contributed by atoms with Crippen molar-refractivity contribution < 1.29 is 13.2 Å². The number of morpholine rings is 1. The Labute approximate surface area is 111 Å². The summed E-state index contributed by atoms with van der Waals surface area (Å²) in [6.07, 6.45) is 2.16. The van der Waals surface area contributed by atoms with Gasteiger partial charge in [-0.3, -0.25) is 4.90 Å². The lowest BCUT2D eigenvalue weighted by atomic mass is 10.2. The van der Waals surface area contributed by atoms with Gasteiger partial charge in [-0.15, -0.1) is 0 Å². The summed E-state index contributed by atoms with van der Waals surface area (Å²) >= 11 is 0. The molecule has 1 heterocycles. The van der Waals surface area contributed by atoms with Gasteiger partial charge in [-0.25, -0.2) is 8.42 Å². The molecule has 0 radical (unpaired) electrons. The molecule has 0 aromatic carbocycles. The molecule has 1 N–H and O–H groups in total. The van der Waals surface area contributed by atoms with Crippen LogP contribution in [0.25, 0.3) is 0 Å². The maximum atomic E-state index is 11.0. The molecule has 18 heavy (non-hydrogen) atoms. The fourth-order valence-corrected chi connectivity index (χ4v) is 2.73. The molecule has 6 heteroatoms. The van der Waals surface area contributed by atoms with Gasteiger partial charge in [0.15, 0.2) is 0 Å². The summed E-state index contributed by atoms with van der Waals surface area (Å²) in [5.41, 5.74) is 0. The highest BCUT2D eigenvalue weighted by molar-refractivity contribution is 7.90. The SMILES string of the molecule is CC(C)N1CCOC(CNCCCS(C)(=O)=O)C1. The Bertz CT molecular complexity index is 330. The second-order valence-electron chi connectivity index (χ2n) is 5.27. The van der Waals surface area contributed by atoms with Crippen molar-refractivity contribution in [3.8, 4) is 0 Å². The molecular formula is C12H26N2O3S. The summed E-state index contributed by atoms with van der Waals surface area (Å²) in [5, 5.41) is 3.27. The molecule has 1 saturated heterocycles. The number of hydrogen-bond acceptors (Lipinski definition) is 5. The van der Waals surface area contributed by atoms with Crippen LogP contribution in [-0.4, -0.2) is 70.3 Å². The number of ether oxygens (including phenoxy) is 1. The van der Waals surface area contributed by atoms with E-state index in [-0.39, 0.29) is 11.9 Å². The molecule has 0 amide bonds. The molecule has 1 aliphatic heterocycles. The van der Waals surface area contributed by atoms with E-state index in [0.29, 0.717) is 12.5 Å². The van der Waals surface area contributed by atoms with Crippen LogP contribution in [0.1, 0.15) is 20.3 Å². The predicted molar refractivity (Wildman–Crippen MR) is 73.6 cm³/mol. The van der Waals surface area contributed by atoms with Gasteiger partial charge < -0.3 is 10.1 Å². The molecule has 1 rings (SSSR count). The van der Waals surface area contributed by atoms with E-state index in [9.17, 15) is 8.42 Å². The molecule has 1 fully saturated rings. The van der Waals surface area contributed by atoms with Crippen molar-refractivity contribution in [2.75, 3.05) is 44.8 Å². The summed E-state index contributed by atoms with van der Waals surface area (Å²) in [4.78, 5) is 2.41. The number of nitrogens with one attached hydrogen (secondary N) is 1. The van der Waals surface area contributed by atoms with Crippen molar-refractivity contribution in [1.29, 1.82) is 0 Å². The molecule has 5 nitrogen and oxygen atoms in total. The Hall–Kier alpha value is -0.170. The molecule has 0 spiro atoms. The molecule has 0 aromatic rings. The second-order valence-corrected chi connectivity index (χ2v) is 7.53. The summed E-state index contributed by atoms with van der Waals surface area (Å²) in [6.45, 7) is 8.66. The van der Waals surface area contributed by atoms with Crippen LogP contribution < -0.4 is 5.32 Å². The van der Waals surface area contributed by atoms with Gasteiger partial charge in [0.2, 0.25) is 0 Å². The number of rotatable bonds is 7. The molecule has 1 unspecified atom stereocenters. The zero-order valence-corrected chi connectivity index (χ0v) is 12.5. The third-order valence-electron chi connectivity index (χ3n) is 3.14. The van der Waals surface area contributed by atoms with Crippen LogP contribution in [0.3, 0.4) is 0 Å². The monoisotopic (exact) mass is 278 g/mol. The lowest BCUT2D eigenvalue weighted by Crippen LogP contribution is -2.49. The quantitative estimate of drug-likeness (QED) is 0.670. The van der Waals surface area contributed by atoms with Crippen LogP contribution in [0, 0.1) is 0 Å². The highest BCUT2D eigenvalue weighted by Gasteiger charge is 2.21. The van der Waals surface area contributed by atoms with Gasteiger partial charge in [0, 0.05) is 31.9 Å². The number of hydrogen-bond donors (Lipinski definition) is 1. The lowest BCUT2D eigenvalue weighted by molar-refractivity contribution is -0.0370. The number of nitrogens with zero attached hydrogens (tertiary/aromatic N) is 1. The van der Waals surface area contributed by atoms with Crippen LogP contribution in [0.2, 0.25) is 0 Å². The van der Waals surface area contributed by atoms with Crippen molar-refractivity contribution in [3.63, 3.8) is 0 Å². The van der Waals surface area contributed by atoms with E-state index in [1.807, 2.05) is 0 Å². The first-order chi connectivity index (χ1) is 8.38. The Morgan fingerprint density at radius 1 is 1.44 bits per heavy atom. The molecule has 0 aromatic heterocycles. The Morgan fingerprint density at radius 3 is 2.78 bits per heavy atom. The number of sulfone groups is 1. The summed E-state index contributed by atoms with van der Waals surface area (Å²) in [7, 11) is -2.83. The molecule has 0 bridgehead atoms. The first-order valence-electron chi connectivity index (χ1n) is 6.62. The second kappa shape index (κ2) is 7.43. The van der Waals surface area contributed by atoms with Crippen LogP contribution in [-0.2, 0) is 14.6 Å². The van der Waals surface area contributed by atoms with E-state index in [0.717, 1.165) is 32.8 Å². The Morgan fingerprint density at radius 2 is 2.17 bits per heavy atom. The van der Waals surface area contributed by atoms with E-state index in [1.165, 1.54) is 6.26 Å². The van der Waals surface area contributed by atoms with Crippen molar-refractivity contribution >= 4 is 9.84 Å². The molecule has 108 valence electrons. The van der Waals surface area contributed by atoms with Gasteiger partial charge in [0.05, 0.1) is 18.5 Å². The molecular weight excluding hydrogens is 252 g/mol. The maximum Gasteiger partial charge on any atom is 0.147 e. The highest BCUT2D eigenvalue weighted by atomic mass is 32.2. The largest absolute Gasteiger partial charge is 0.374 e. The van der Waals surface area contributed by atoms with Gasteiger partial charge >= 0.3 is 0 Å². The summed E-state index contributed by atoms with van der Waals surface area (Å²) in [6, 6.07) is 0.557. The van der Waals surface area contributed by atoms with Crippen LogP contribution in [0.5, 0.6) is 0 Å². The van der Waals surface area contributed by atoms with E-state index < -0.39 is 9.84 Å². The Balaban J connectivity index is 2.12. The van der Waals surface area contributed by atoms with Crippen molar-refractivity contribution in [2.24, 2.45) is 0 Å². The van der Waals surface area contributed by atoms with E-state index in [1.54, 1.807) is 0 Å². The third kappa shape index (κ3) is 6.68. The van der Waals surface area contributed by atoms with Gasteiger partial charge in [-0.1, -0.05) is 0 Å². The molecule has 1 atom stereocenters. The summed E-state index contributed by atoms with van der Waals surface area (Å²) < 4.78 is 27.6. The van der Waals surface area contributed by atoms with Crippen molar-refractivity contribution in [1.82, 2.24) is 10.2 Å². The average molecular weight is 278 g/mol. The average Bonchev–Trinajstić information content (AvgIpc) is 2.27. The third-order valence-corrected chi connectivity index (χ3v) is 4.17. The molecule has 1 aliphatic rings. The van der Waals surface area contributed by atoms with Gasteiger partial charge in [0.1, 0.15) is 9.84 Å². The zero-order valence-electron chi connectivity index (χ0n) is 11.7. The van der Waals surface area contributed by atoms with Gasteiger partial charge in [-0.2, -0.15) is 0 Å². The standard InChI is InChI=1S/C12H26N2O3S/c1-11(2)14-6-7-17-12(10-14)9-13-5-4-8-18(3,15)16/h11-13H,4-10H2,1-3H3. The summed E-state index contributed by atoms with van der Waals surface area (Å²) in [5.74, 6) is 0.254. The minimum Gasteiger partial charge on any atom is -0.374 e. The zero-order chi connectivity index (χ0) is 13.6. The van der Waals surface area contributed by atoms with E-state index >= 15 is 0 Å². The van der Waals surface area contributed by atoms with Crippen LogP contribution >= 0.6 is 0 Å². The van der Waals surface area contributed by atoms with Crippen molar-refractivity contribution in [2.45, 2.75) is 32.4 Å². The topological polar surface area (TPSA) is 58.6 Å². The van der Waals surface area contributed by atoms with Crippen LogP contribution in [0.4, 0.5) is 0 Å². The van der Waals surface area contributed by atoms with Gasteiger partial charge in [-0.05, 0) is 26.8 Å². The minimum atomic E-state index is -2.83. The van der Waals surface area contributed by atoms with E-state index in [2.05, 4.69) is 24.1 Å². The van der Waals surface area contributed by atoms with Gasteiger partial charge in [0.25, 0.3) is 0 Å². The predicted octanol–water partition coefficient (Wildman–Crippen LogP) is 0.120. The molecule has 0 saturated carbocycles. The Kier molecular flexibility index (Phi) is 6.55. The first-order valence-corrected chi connectivity index (χ1v) is 8.68. The highest BCUT2D eigenvalue weighted by Crippen LogP contribution is 2.07. The minimum absolute atomic E-state index is 0.222. The maximum absolute atomic E-state index is 11.0. The van der Waals surface area contributed by atoms with Crippen LogP contribution in [0.15, 0.2) is 0 Å². The molecule has 0 aliphatic carbocycles. The smallest absolute Gasteiger partial charge is 0.147 e. The lowest BCUT2D eigenvalue weighted by Gasteiger charge is -2.35. The fraction of sp³-hybridized carbons (Fsp3) is 1.00.